The molecule has 0 aromatic rings. The zero-order chi connectivity index (χ0) is 15.9. The van der Waals surface area contributed by atoms with Crippen LogP contribution in [0, 0.1) is 5.92 Å². The molecule has 118 valence electrons. The summed E-state index contributed by atoms with van der Waals surface area (Å²) in [6, 6.07) is 0. The molecule has 0 heterocycles. The molecule has 0 aliphatic heterocycles. The maximum atomic E-state index is 11.8. The smallest absolute Gasteiger partial charge is 0.410 e. The first kappa shape index (κ1) is 18.7. The maximum absolute atomic E-state index is 11.8. The van der Waals surface area contributed by atoms with Crippen LogP contribution in [-0.4, -0.2) is 55.3 Å². The first-order valence-electron chi connectivity index (χ1n) is 6.84. The van der Waals surface area contributed by atoms with Crippen LogP contribution in [0.5, 0.6) is 0 Å². The number of rotatable bonds is 6. The summed E-state index contributed by atoms with van der Waals surface area (Å²) in [6.45, 7) is 7.91. The third kappa shape index (κ3) is 7.33. The molecular weight excluding hydrogens is 260 g/mol. The van der Waals surface area contributed by atoms with E-state index in [1.807, 2.05) is 27.7 Å². The Bertz CT molecular complexity index is 326. The minimum atomic E-state index is -0.490. The monoisotopic (exact) mass is 288 g/mol. The van der Waals surface area contributed by atoms with E-state index in [0.29, 0.717) is 13.0 Å². The van der Waals surface area contributed by atoms with Crippen molar-refractivity contribution in [3.8, 4) is 0 Å². The lowest BCUT2D eigenvalue weighted by Crippen LogP contribution is -2.35. The number of amides is 2. The van der Waals surface area contributed by atoms with Crippen LogP contribution in [0.15, 0.2) is 0 Å². The predicted molar refractivity (Wildman–Crippen MR) is 77.0 cm³/mol. The van der Waals surface area contributed by atoms with Gasteiger partial charge < -0.3 is 9.64 Å². The molecule has 1 atom stereocenters. The van der Waals surface area contributed by atoms with Crippen LogP contribution in [0.1, 0.15) is 40.5 Å². The van der Waals surface area contributed by atoms with Crippen molar-refractivity contribution >= 4 is 12.0 Å². The minimum Gasteiger partial charge on any atom is -0.444 e. The summed E-state index contributed by atoms with van der Waals surface area (Å²) in [5.74, 6) is -0.195. The lowest BCUT2D eigenvalue weighted by Gasteiger charge is -2.25. The molecule has 0 bridgehead atoms. The van der Waals surface area contributed by atoms with Crippen LogP contribution < -0.4 is 0 Å². The van der Waals surface area contributed by atoms with Crippen LogP contribution in [-0.2, 0) is 14.4 Å². The fourth-order valence-corrected chi connectivity index (χ4v) is 1.59. The summed E-state index contributed by atoms with van der Waals surface area (Å²) in [5, 5.41) is 1.22. The van der Waals surface area contributed by atoms with Gasteiger partial charge >= 0.3 is 6.09 Å². The van der Waals surface area contributed by atoms with Crippen molar-refractivity contribution in [3.63, 3.8) is 0 Å². The van der Waals surface area contributed by atoms with E-state index < -0.39 is 5.60 Å². The molecule has 0 aliphatic rings. The number of nitrogens with zero attached hydrogens (tertiary/aromatic N) is 2. The van der Waals surface area contributed by atoms with Crippen molar-refractivity contribution in [2.75, 3.05) is 27.7 Å². The highest BCUT2D eigenvalue weighted by Gasteiger charge is 2.21. The second kappa shape index (κ2) is 8.09. The molecule has 0 aromatic carbocycles. The van der Waals surface area contributed by atoms with Gasteiger partial charge in [-0.15, -0.1) is 0 Å². The molecule has 20 heavy (non-hydrogen) atoms. The first-order chi connectivity index (χ1) is 9.08. The number of hydroxylamine groups is 2. The molecule has 0 rings (SSSR count). The Labute approximate surface area is 122 Å². The number of carbonyl (C=O) groups excluding carboxylic acids is 2. The second-order valence-electron chi connectivity index (χ2n) is 5.96. The standard InChI is InChI=1S/C14H28N2O4/c1-11(12(17)16(6)19-7)9-8-10-15(5)13(18)20-14(2,3)4/h11H,8-10H2,1-7H3. The van der Waals surface area contributed by atoms with E-state index in [0.717, 1.165) is 6.42 Å². The van der Waals surface area contributed by atoms with Gasteiger partial charge in [-0.2, -0.15) is 0 Å². The third-order valence-electron chi connectivity index (χ3n) is 2.84. The summed E-state index contributed by atoms with van der Waals surface area (Å²) in [4.78, 5) is 29.9. The number of ether oxygens (including phenoxy) is 1. The maximum Gasteiger partial charge on any atom is 0.410 e. The summed E-state index contributed by atoms with van der Waals surface area (Å²) >= 11 is 0. The Morgan fingerprint density at radius 2 is 1.75 bits per heavy atom. The Morgan fingerprint density at radius 3 is 2.20 bits per heavy atom. The third-order valence-corrected chi connectivity index (χ3v) is 2.84. The molecule has 2 amide bonds. The van der Waals surface area contributed by atoms with Gasteiger partial charge in [-0.1, -0.05) is 6.92 Å². The van der Waals surface area contributed by atoms with E-state index in [-0.39, 0.29) is 17.9 Å². The van der Waals surface area contributed by atoms with Gasteiger partial charge in [-0.05, 0) is 33.6 Å². The van der Waals surface area contributed by atoms with Crippen molar-refractivity contribution in [1.29, 1.82) is 0 Å². The van der Waals surface area contributed by atoms with E-state index in [1.165, 1.54) is 17.1 Å². The molecule has 0 aliphatic carbocycles. The Morgan fingerprint density at radius 1 is 1.20 bits per heavy atom. The fourth-order valence-electron chi connectivity index (χ4n) is 1.59. The van der Waals surface area contributed by atoms with Gasteiger partial charge in [-0.3, -0.25) is 9.63 Å². The predicted octanol–water partition coefficient (Wildman–Crippen LogP) is 2.29. The largest absolute Gasteiger partial charge is 0.444 e. The van der Waals surface area contributed by atoms with Gasteiger partial charge in [-0.25, -0.2) is 9.86 Å². The average Bonchev–Trinajstić information content (AvgIpc) is 2.34. The van der Waals surface area contributed by atoms with E-state index in [4.69, 9.17) is 9.57 Å². The van der Waals surface area contributed by atoms with Crippen molar-refractivity contribution in [2.45, 2.75) is 46.1 Å². The molecule has 0 spiro atoms. The lowest BCUT2D eigenvalue weighted by molar-refractivity contribution is -0.173. The van der Waals surface area contributed by atoms with E-state index >= 15 is 0 Å². The second-order valence-corrected chi connectivity index (χ2v) is 5.96. The molecule has 6 heteroatoms. The average molecular weight is 288 g/mol. The van der Waals surface area contributed by atoms with Crippen LogP contribution in [0.3, 0.4) is 0 Å². The topological polar surface area (TPSA) is 59.1 Å². The molecule has 0 saturated carbocycles. The Balaban J connectivity index is 4.06. The van der Waals surface area contributed by atoms with E-state index in [9.17, 15) is 9.59 Å². The van der Waals surface area contributed by atoms with Crippen LogP contribution in [0.4, 0.5) is 4.79 Å². The lowest BCUT2D eigenvalue weighted by atomic mass is 10.0. The van der Waals surface area contributed by atoms with Crippen molar-refractivity contribution in [1.82, 2.24) is 9.96 Å². The molecular formula is C14H28N2O4. The molecule has 0 radical (unpaired) electrons. The zero-order valence-corrected chi connectivity index (χ0v) is 13.7. The van der Waals surface area contributed by atoms with Gasteiger partial charge in [0.25, 0.3) is 0 Å². The summed E-state index contributed by atoms with van der Waals surface area (Å²) < 4.78 is 5.25. The SMILES string of the molecule is CON(C)C(=O)C(C)CCCN(C)C(=O)OC(C)(C)C. The van der Waals surface area contributed by atoms with Crippen molar-refractivity contribution in [3.05, 3.63) is 0 Å². The van der Waals surface area contributed by atoms with E-state index in [2.05, 4.69) is 0 Å². The number of hydrogen-bond donors (Lipinski definition) is 0. The highest BCUT2D eigenvalue weighted by atomic mass is 16.7. The number of hydrogen-bond acceptors (Lipinski definition) is 4. The highest BCUT2D eigenvalue weighted by Crippen LogP contribution is 2.12. The fraction of sp³-hybridized carbons (Fsp3) is 0.857. The Hall–Kier alpha value is -1.30. The number of carbonyl (C=O) groups is 2. The summed E-state index contributed by atoms with van der Waals surface area (Å²) in [6.07, 6.45) is 1.09. The Kier molecular flexibility index (Phi) is 7.57. The van der Waals surface area contributed by atoms with Crippen molar-refractivity contribution in [2.24, 2.45) is 5.92 Å². The molecule has 6 nitrogen and oxygen atoms in total. The van der Waals surface area contributed by atoms with Crippen LogP contribution in [0.2, 0.25) is 0 Å². The zero-order valence-electron chi connectivity index (χ0n) is 13.7. The van der Waals surface area contributed by atoms with Gasteiger partial charge in [0.05, 0.1) is 7.11 Å². The highest BCUT2D eigenvalue weighted by molar-refractivity contribution is 5.77. The molecule has 0 aromatic heterocycles. The quantitative estimate of drug-likeness (QED) is 0.704. The van der Waals surface area contributed by atoms with Gasteiger partial charge in [0.2, 0.25) is 5.91 Å². The van der Waals surface area contributed by atoms with Gasteiger partial charge in [0, 0.05) is 26.6 Å². The molecule has 0 fully saturated rings. The first-order valence-corrected chi connectivity index (χ1v) is 6.84. The molecule has 0 saturated heterocycles. The van der Waals surface area contributed by atoms with E-state index in [1.54, 1.807) is 14.1 Å². The van der Waals surface area contributed by atoms with Gasteiger partial charge in [0.15, 0.2) is 0 Å². The summed E-state index contributed by atoms with van der Waals surface area (Å²) in [5.41, 5.74) is -0.490. The van der Waals surface area contributed by atoms with Crippen molar-refractivity contribution < 1.29 is 19.2 Å². The minimum absolute atomic E-state index is 0.0626. The van der Waals surface area contributed by atoms with Crippen LogP contribution >= 0.6 is 0 Å². The van der Waals surface area contributed by atoms with Gasteiger partial charge in [0.1, 0.15) is 5.60 Å². The van der Waals surface area contributed by atoms with Crippen LogP contribution in [0.25, 0.3) is 0 Å². The normalized spacial score (nSPS) is 12.8. The molecule has 0 N–H and O–H groups in total. The summed E-state index contributed by atoms with van der Waals surface area (Å²) in [7, 11) is 4.74. The molecule has 1 unspecified atom stereocenters.